The predicted octanol–water partition coefficient (Wildman–Crippen LogP) is 3.12. The van der Waals surface area contributed by atoms with E-state index in [-0.39, 0.29) is 4.90 Å². The van der Waals surface area contributed by atoms with Gasteiger partial charge in [-0.1, -0.05) is 25.0 Å². The number of benzene rings is 1. The van der Waals surface area contributed by atoms with Gasteiger partial charge in [0.25, 0.3) is 0 Å². The van der Waals surface area contributed by atoms with Crippen LogP contribution in [0, 0.1) is 6.92 Å². The van der Waals surface area contributed by atoms with Crippen LogP contribution in [0.4, 0.5) is 0 Å². The molecule has 0 unspecified atom stereocenters. The number of nitrogens with one attached hydrogen (secondary N) is 2. The summed E-state index contributed by atoms with van der Waals surface area (Å²) in [7, 11) is -3.66. The fourth-order valence-corrected chi connectivity index (χ4v) is 5.04. The molecule has 0 saturated heterocycles. The highest BCUT2D eigenvalue weighted by Crippen LogP contribution is 2.29. The Kier molecular flexibility index (Phi) is 4.75. The molecule has 1 aliphatic rings. The van der Waals surface area contributed by atoms with E-state index < -0.39 is 22.2 Å². The summed E-state index contributed by atoms with van der Waals surface area (Å²) in [4.78, 5) is 7.75. The van der Waals surface area contributed by atoms with Gasteiger partial charge in [-0.05, 0) is 55.2 Å². The Morgan fingerprint density at radius 2 is 1.89 bits per heavy atom. The lowest BCUT2D eigenvalue weighted by molar-refractivity contribution is 0.101. The van der Waals surface area contributed by atoms with Crippen LogP contribution in [0.25, 0.3) is 22.2 Å². The zero-order chi connectivity index (χ0) is 19.0. The second-order valence-electron chi connectivity index (χ2n) is 7.18. The number of rotatable bonds is 4. The van der Waals surface area contributed by atoms with Gasteiger partial charge in [0.15, 0.2) is 0 Å². The van der Waals surface area contributed by atoms with E-state index in [1.807, 2.05) is 31.2 Å². The minimum absolute atomic E-state index is 0.208. The number of hydrogen-bond acceptors (Lipinski definition) is 4. The molecule has 1 fully saturated rings. The van der Waals surface area contributed by atoms with Gasteiger partial charge in [-0.25, -0.2) is 18.1 Å². The lowest BCUT2D eigenvalue weighted by atomic mass is 9.93. The number of aliphatic hydroxyl groups is 1. The summed E-state index contributed by atoms with van der Waals surface area (Å²) in [5.74, 6) is 0. The molecule has 0 bridgehead atoms. The third-order valence-corrected chi connectivity index (χ3v) is 6.68. The van der Waals surface area contributed by atoms with Crippen molar-refractivity contribution in [2.45, 2.75) is 49.6 Å². The van der Waals surface area contributed by atoms with E-state index in [0.717, 1.165) is 40.7 Å². The van der Waals surface area contributed by atoms with Crippen LogP contribution in [0.1, 0.15) is 31.4 Å². The van der Waals surface area contributed by atoms with E-state index in [9.17, 15) is 13.5 Å². The Labute approximate surface area is 158 Å². The Morgan fingerprint density at radius 1 is 1.15 bits per heavy atom. The molecular formula is C20H23N3O3S. The van der Waals surface area contributed by atoms with Crippen LogP contribution in [0.3, 0.4) is 0 Å². The zero-order valence-corrected chi connectivity index (χ0v) is 16.0. The van der Waals surface area contributed by atoms with Gasteiger partial charge in [-0.2, -0.15) is 0 Å². The molecule has 3 N–H and O–H groups in total. The number of H-pyrrole nitrogens is 1. The van der Waals surface area contributed by atoms with Crippen molar-refractivity contribution in [3.8, 4) is 11.1 Å². The van der Waals surface area contributed by atoms with Crippen LogP contribution in [0.5, 0.6) is 0 Å². The molecule has 1 aliphatic carbocycles. The van der Waals surface area contributed by atoms with Crippen LogP contribution >= 0.6 is 0 Å². The number of sulfonamides is 1. The van der Waals surface area contributed by atoms with Gasteiger partial charge in [-0.3, -0.25) is 0 Å². The van der Waals surface area contributed by atoms with Crippen LogP contribution in [0.2, 0.25) is 0 Å². The SMILES string of the molecule is Cc1cc2c(-c3ccc(S(=O)(=O)N[C@@H]4CCCC[C@H]4O)cc3)ccnc2[nH]1. The highest BCUT2D eigenvalue weighted by molar-refractivity contribution is 7.89. The minimum Gasteiger partial charge on any atom is -0.391 e. The average molecular weight is 385 g/mol. The Bertz CT molecular complexity index is 1060. The van der Waals surface area contributed by atoms with E-state index in [1.54, 1.807) is 18.3 Å². The van der Waals surface area contributed by atoms with Crippen molar-refractivity contribution < 1.29 is 13.5 Å². The molecule has 1 aromatic carbocycles. The molecule has 2 heterocycles. The van der Waals surface area contributed by atoms with Crippen molar-refractivity contribution in [3.05, 3.63) is 48.3 Å². The molecule has 2 aromatic heterocycles. The number of aryl methyl sites for hydroxylation is 1. The predicted molar refractivity (Wildman–Crippen MR) is 105 cm³/mol. The van der Waals surface area contributed by atoms with Crippen molar-refractivity contribution in [3.63, 3.8) is 0 Å². The minimum atomic E-state index is -3.66. The van der Waals surface area contributed by atoms with E-state index in [0.29, 0.717) is 12.8 Å². The average Bonchev–Trinajstić information content (AvgIpc) is 3.04. The standard InChI is InChI=1S/C20H23N3O3S/c1-13-12-17-16(10-11-21-20(17)22-13)14-6-8-15(9-7-14)27(25,26)23-18-4-2-3-5-19(18)24/h6-12,18-19,23-24H,2-5H2,1H3,(H,21,22)/t18-,19-/m1/s1. The lowest BCUT2D eigenvalue weighted by Crippen LogP contribution is -2.44. The maximum Gasteiger partial charge on any atom is 0.240 e. The molecule has 0 spiro atoms. The number of fused-ring (bicyclic) bond motifs is 1. The molecule has 142 valence electrons. The maximum absolute atomic E-state index is 12.7. The summed E-state index contributed by atoms with van der Waals surface area (Å²) < 4.78 is 28.0. The maximum atomic E-state index is 12.7. The van der Waals surface area contributed by atoms with Crippen LogP contribution in [-0.2, 0) is 10.0 Å². The first-order valence-corrected chi connectivity index (χ1v) is 10.7. The lowest BCUT2D eigenvalue weighted by Gasteiger charge is -2.28. The second kappa shape index (κ2) is 7.07. The van der Waals surface area contributed by atoms with E-state index >= 15 is 0 Å². The first-order valence-electron chi connectivity index (χ1n) is 9.19. The molecule has 2 atom stereocenters. The summed E-state index contributed by atoms with van der Waals surface area (Å²) in [6, 6.07) is 10.4. The molecule has 0 aliphatic heterocycles. The molecule has 6 nitrogen and oxygen atoms in total. The molecule has 4 rings (SSSR count). The fourth-order valence-electron chi connectivity index (χ4n) is 3.74. The zero-order valence-electron chi connectivity index (χ0n) is 15.1. The third-order valence-electron chi connectivity index (χ3n) is 5.18. The quantitative estimate of drug-likeness (QED) is 0.643. The summed E-state index contributed by atoms with van der Waals surface area (Å²) in [6.45, 7) is 1.98. The third kappa shape index (κ3) is 3.63. The first kappa shape index (κ1) is 18.2. The summed E-state index contributed by atoms with van der Waals surface area (Å²) in [5.41, 5.74) is 3.77. The molecule has 0 radical (unpaired) electrons. The summed E-state index contributed by atoms with van der Waals surface area (Å²) in [6.07, 6.45) is 4.30. The van der Waals surface area contributed by atoms with Crippen LogP contribution < -0.4 is 4.72 Å². The topological polar surface area (TPSA) is 95.1 Å². The smallest absolute Gasteiger partial charge is 0.240 e. The van der Waals surface area contributed by atoms with E-state index in [1.165, 1.54) is 0 Å². The second-order valence-corrected chi connectivity index (χ2v) is 8.89. The normalized spacial score (nSPS) is 20.8. The Balaban J connectivity index is 1.61. The van der Waals surface area contributed by atoms with Crippen LogP contribution in [-0.4, -0.2) is 35.6 Å². The van der Waals surface area contributed by atoms with Gasteiger partial charge in [0.05, 0.1) is 11.0 Å². The van der Waals surface area contributed by atoms with Crippen molar-refractivity contribution >= 4 is 21.1 Å². The van der Waals surface area contributed by atoms with Gasteiger partial charge in [0.2, 0.25) is 10.0 Å². The number of aromatic amines is 1. The summed E-state index contributed by atoms with van der Waals surface area (Å²) in [5, 5.41) is 11.0. The van der Waals surface area contributed by atoms with Crippen LogP contribution in [0.15, 0.2) is 47.5 Å². The highest BCUT2D eigenvalue weighted by atomic mass is 32.2. The molecule has 7 heteroatoms. The number of hydrogen-bond donors (Lipinski definition) is 3. The van der Waals surface area contributed by atoms with Gasteiger partial charge in [0.1, 0.15) is 5.65 Å². The molecule has 0 amide bonds. The van der Waals surface area contributed by atoms with Gasteiger partial charge in [-0.15, -0.1) is 0 Å². The van der Waals surface area contributed by atoms with Crippen molar-refractivity contribution in [2.75, 3.05) is 0 Å². The monoisotopic (exact) mass is 385 g/mol. The Hall–Kier alpha value is -2.22. The molecule has 3 aromatic rings. The van der Waals surface area contributed by atoms with Gasteiger partial charge in [0, 0.05) is 23.3 Å². The molecular weight excluding hydrogens is 362 g/mol. The van der Waals surface area contributed by atoms with E-state index in [4.69, 9.17) is 0 Å². The van der Waals surface area contributed by atoms with Gasteiger partial charge >= 0.3 is 0 Å². The van der Waals surface area contributed by atoms with Gasteiger partial charge < -0.3 is 10.1 Å². The van der Waals surface area contributed by atoms with Crippen molar-refractivity contribution in [1.29, 1.82) is 0 Å². The number of nitrogens with zero attached hydrogens (tertiary/aromatic N) is 1. The summed E-state index contributed by atoms with van der Waals surface area (Å²) >= 11 is 0. The molecule has 1 saturated carbocycles. The number of aromatic nitrogens is 2. The van der Waals surface area contributed by atoms with Crippen molar-refractivity contribution in [2.24, 2.45) is 0 Å². The number of pyridine rings is 1. The number of aliphatic hydroxyl groups excluding tert-OH is 1. The largest absolute Gasteiger partial charge is 0.391 e. The Morgan fingerprint density at radius 3 is 2.63 bits per heavy atom. The fraction of sp³-hybridized carbons (Fsp3) is 0.350. The highest BCUT2D eigenvalue weighted by Gasteiger charge is 2.28. The van der Waals surface area contributed by atoms with Crippen molar-refractivity contribution in [1.82, 2.24) is 14.7 Å². The first-order chi connectivity index (χ1) is 12.9. The molecule has 27 heavy (non-hydrogen) atoms. The van der Waals surface area contributed by atoms with E-state index in [2.05, 4.69) is 14.7 Å².